The summed E-state index contributed by atoms with van der Waals surface area (Å²) in [5, 5.41) is 6.44. The molecule has 20 heteroatoms. The zero-order chi connectivity index (χ0) is 38.5. The number of methoxy groups -OCH3 is 2. The molecular weight excluding hydrogens is 819 g/mol. The molecule has 0 aliphatic rings. The molecule has 0 unspecified atom stereocenters. The van der Waals surface area contributed by atoms with Gasteiger partial charge >= 0.3 is 11.9 Å². The lowest BCUT2D eigenvalue weighted by atomic mass is 10.2. The van der Waals surface area contributed by atoms with Gasteiger partial charge in [-0.05, 0) is 76.2 Å². The van der Waals surface area contributed by atoms with Crippen molar-refractivity contribution >= 4 is 94.2 Å². The molecule has 2 aromatic carbocycles. The molecule has 0 spiro atoms. The standard InChI is InChI=1S/2C19H20N4O4.3ClH.H2O/c2*1-4-26-15-11-20-17-16(22-12-6-8-13(25-3)9-7-12)14(19(24)27-5-2)10-21-18(17)23-15;;;;/h2*6-11H,4-5H2,1-3H3,(H,21,22,23);3*1H;1H2. The van der Waals surface area contributed by atoms with Crippen LogP contribution in [0.25, 0.3) is 22.3 Å². The number of anilines is 4. The lowest BCUT2D eigenvalue weighted by Crippen LogP contribution is -2.10. The van der Waals surface area contributed by atoms with Gasteiger partial charge in [0.1, 0.15) is 33.7 Å². The molecule has 58 heavy (non-hydrogen) atoms. The molecule has 0 bridgehead atoms. The highest BCUT2D eigenvalue weighted by Gasteiger charge is 2.21. The number of carbonyl (C=O) groups is 2. The second-order valence-electron chi connectivity index (χ2n) is 10.9. The van der Waals surface area contributed by atoms with E-state index in [1.165, 1.54) is 24.8 Å². The highest BCUT2D eigenvalue weighted by Crippen LogP contribution is 2.31. The number of halogens is 3. The van der Waals surface area contributed by atoms with Crippen molar-refractivity contribution in [3.05, 3.63) is 84.4 Å². The molecule has 4 heterocycles. The molecule has 6 rings (SSSR count). The minimum absolute atomic E-state index is 0. The van der Waals surface area contributed by atoms with Crippen LogP contribution in [0.2, 0.25) is 0 Å². The fraction of sp³-hybridized carbons (Fsp3) is 0.263. The van der Waals surface area contributed by atoms with Crippen LogP contribution in [0.1, 0.15) is 48.4 Å². The van der Waals surface area contributed by atoms with E-state index in [9.17, 15) is 9.59 Å². The first kappa shape index (κ1) is 50.0. The maximum Gasteiger partial charge on any atom is 0.341 e. The number of esters is 2. The fourth-order valence-electron chi connectivity index (χ4n) is 4.95. The number of hydrogen-bond donors (Lipinski definition) is 2. The normalized spacial score (nSPS) is 9.76. The van der Waals surface area contributed by atoms with E-state index in [0.29, 0.717) is 58.7 Å². The predicted octanol–water partition coefficient (Wildman–Crippen LogP) is 7.15. The molecule has 0 amide bonds. The molecule has 312 valence electrons. The summed E-state index contributed by atoms with van der Waals surface area (Å²) < 4.78 is 31.4. The summed E-state index contributed by atoms with van der Waals surface area (Å²) in [6, 6.07) is 14.6. The van der Waals surface area contributed by atoms with E-state index in [1.807, 2.05) is 62.4 Å². The fourth-order valence-corrected chi connectivity index (χ4v) is 4.95. The molecule has 6 aromatic rings. The number of nitrogens with one attached hydrogen (secondary N) is 2. The van der Waals surface area contributed by atoms with Gasteiger partial charge in [-0.3, -0.25) is 0 Å². The number of benzene rings is 2. The van der Waals surface area contributed by atoms with Crippen LogP contribution in [0, 0.1) is 0 Å². The molecule has 0 atom stereocenters. The zero-order valence-corrected chi connectivity index (χ0v) is 34.9. The predicted molar refractivity (Wildman–Crippen MR) is 227 cm³/mol. The van der Waals surface area contributed by atoms with Gasteiger partial charge in [0.2, 0.25) is 11.8 Å². The van der Waals surface area contributed by atoms with Crippen molar-refractivity contribution in [2.75, 3.05) is 51.3 Å². The average Bonchev–Trinajstić information content (AvgIpc) is 3.19. The van der Waals surface area contributed by atoms with Crippen LogP contribution in [-0.4, -0.2) is 88.0 Å². The van der Waals surface area contributed by atoms with Crippen LogP contribution in [0.3, 0.4) is 0 Å². The smallest absolute Gasteiger partial charge is 0.341 e. The van der Waals surface area contributed by atoms with E-state index in [0.717, 1.165) is 22.9 Å². The Labute approximate surface area is 353 Å². The summed E-state index contributed by atoms with van der Waals surface area (Å²) >= 11 is 0. The van der Waals surface area contributed by atoms with Crippen molar-refractivity contribution in [1.82, 2.24) is 29.9 Å². The first-order valence-corrected chi connectivity index (χ1v) is 17.1. The quantitative estimate of drug-likeness (QED) is 0.104. The van der Waals surface area contributed by atoms with Crippen molar-refractivity contribution in [3.8, 4) is 23.3 Å². The molecule has 4 N–H and O–H groups in total. The second-order valence-corrected chi connectivity index (χ2v) is 10.9. The molecule has 0 aliphatic carbocycles. The number of hydrogen-bond acceptors (Lipinski definition) is 16. The minimum atomic E-state index is -0.487. The van der Waals surface area contributed by atoms with E-state index in [-0.39, 0.29) is 67.0 Å². The van der Waals surface area contributed by atoms with Crippen molar-refractivity contribution in [1.29, 1.82) is 0 Å². The number of carbonyl (C=O) groups excluding carboxylic acids is 2. The van der Waals surface area contributed by atoms with Crippen molar-refractivity contribution in [2.45, 2.75) is 27.7 Å². The number of rotatable bonds is 14. The molecule has 0 aliphatic heterocycles. The summed E-state index contributed by atoms with van der Waals surface area (Å²) in [6.07, 6.45) is 5.86. The van der Waals surface area contributed by atoms with Crippen LogP contribution in [0.15, 0.2) is 73.3 Å². The first-order chi connectivity index (χ1) is 26.3. The van der Waals surface area contributed by atoms with Crippen LogP contribution in [0.4, 0.5) is 22.7 Å². The second kappa shape index (κ2) is 24.6. The van der Waals surface area contributed by atoms with Gasteiger partial charge in [-0.1, -0.05) is 0 Å². The van der Waals surface area contributed by atoms with Crippen LogP contribution in [0.5, 0.6) is 23.3 Å². The van der Waals surface area contributed by atoms with Gasteiger partial charge in [-0.15, -0.1) is 37.2 Å². The minimum Gasteiger partial charge on any atom is -0.497 e. The highest BCUT2D eigenvalue weighted by atomic mass is 35.5. The van der Waals surface area contributed by atoms with E-state index in [1.54, 1.807) is 28.1 Å². The van der Waals surface area contributed by atoms with E-state index >= 15 is 0 Å². The lowest BCUT2D eigenvalue weighted by molar-refractivity contribution is 0.0517. The number of fused-ring (bicyclic) bond motifs is 2. The summed E-state index contributed by atoms with van der Waals surface area (Å²) in [4.78, 5) is 50.7. The highest BCUT2D eigenvalue weighted by molar-refractivity contribution is 6.05. The van der Waals surface area contributed by atoms with Gasteiger partial charge in [0.15, 0.2) is 11.3 Å². The third kappa shape index (κ3) is 12.5. The average molecular weight is 864 g/mol. The number of nitrogens with zero attached hydrogens (tertiary/aromatic N) is 6. The number of pyridine rings is 2. The summed E-state index contributed by atoms with van der Waals surface area (Å²) in [7, 11) is 3.20. The topological polar surface area (TPSA) is 222 Å². The Morgan fingerprint density at radius 2 is 0.897 bits per heavy atom. The van der Waals surface area contributed by atoms with Crippen molar-refractivity contribution in [3.63, 3.8) is 0 Å². The van der Waals surface area contributed by atoms with Gasteiger partial charge in [0.05, 0.1) is 64.4 Å². The summed E-state index contributed by atoms with van der Waals surface area (Å²) in [6.45, 7) is 8.67. The third-order valence-electron chi connectivity index (χ3n) is 7.40. The monoisotopic (exact) mass is 862 g/mol. The molecule has 0 radical (unpaired) electrons. The van der Waals surface area contributed by atoms with Crippen molar-refractivity contribution in [2.24, 2.45) is 0 Å². The van der Waals surface area contributed by atoms with Gasteiger partial charge < -0.3 is 44.5 Å². The Kier molecular flexibility index (Phi) is 21.2. The van der Waals surface area contributed by atoms with Gasteiger partial charge in [-0.25, -0.2) is 29.5 Å². The van der Waals surface area contributed by atoms with Crippen molar-refractivity contribution < 1.29 is 43.5 Å². The number of aromatic nitrogens is 6. The molecule has 0 saturated heterocycles. The Morgan fingerprint density at radius 3 is 1.21 bits per heavy atom. The van der Waals surface area contributed by atoms with Gasteiger partial charge in [-0.2, -0.15) is 9.97 Å². The summed E-state index contributed by atoms with van der Waals surface area (Å²) in [5.41, 5.74) is 4.62. The number of ether oxygens (including phenoxy) is 6. The Bertz CT molecular complexity index is 2070. The molecular formula is C38H45Cl3N8O9. The Balaban J connectivity index is 0.000000543. The third-order valence-corrected chi connectivity index (χ3v) is 7.40. The molecule has 0 fully saturated rings. The maximum atomic E-state index is 12.4. The maximum absolute atomic E-state index is 12.4. The first-order valence-electron chi connectivity index (χ1n) is 17.1. The SMILES string of the molecule is CCOC(=O)c1cnc2nc(OCC)cnc2c1Nc1ccc(OC)cc1.CCOC(=O)c1cnc2nc(OCC)cnc2c1Nc1ccc(OC)cc1.Cl.Cl.Cl.O. The van der Waals surface area contributed by atoms with E-state index in [2.05, 4.69) is 40.5 Å². The van der Waals surface area contributed by atoms with Gasteiger partial charge in [0.25, 0.3) is 0 Å². The largest absolute Gasteiger partial charge is 0.497 e. The Morgan fingerprint density at radius 1 is 0.534 bits per heavy atom. The zero-order valence-electron chi connectivity index (χ0n) is 32.4. The molecule has 17 nitrogen and oxygen atoms in total. The molecule has 4 aromatic heterocycles. The summed E-state index contributed by atoms with van der Waals surface area (Å²) in [5.74, 6) is 1.23. The van der Waals surface area contributed by atoms with Crippen LogP contribution in [-0.2, 0) is 9.47 Å². The van der Waals surface area contributed by atoms with Gasteiger partial charge in [0, 0.05) is 23.8 Å². The lowest BCUT2D eigenvalue weighted by Gasteiger charge is -2.14. The van der Waals surface area contributed by atoms with Crippen LogP contribution < -0.4 is 29.6 Å². The van der Waals surface area contributed by atoms with E-state index in [4.69, 9.17) is 28.4 Å². The Hall–Kier alpha value is -6.01. The molecule has 0 saturated carbocycles. The van der Waals surface area contributed by atoms with Crippen LogP contribution >= 0.6 is 37.2 Å². The van der Waals surface area contributed by atoms with E-state index < -0.39 is 11.9 Å².